The Balaban J connectivity index is 0.00000121. The third-order valence-electron chi connectivity index (χ3n) is 1.85. The maximum atomic E-state index is 10.4. The molecule has 0 radical (unpaired) electrons. The molecule has 1 fully saturated rings. The second-order valence-corrected chi connectivity index (χ2v) is 2.55. The first-order valence-corrected chi connectivity index (χ1v) is 3.29. The topological polar surface area (TPSA) is 86.6 Å². The van der Waals surface area contributed by atoms with E-state index in [1.807, 2.05) is 0 Å². The van der Waals surface area contributed by atoms with Crippen molar-refractivity contribution in [3.8, 4) is 0 Å². The van der Waals surface area contributed by atoms with Gasteiger partial charge in [0.2, 0.25) is 0 Å². The molecule has 1 rings (SSSR count). The van der Waals surface area contributed by atoms with Crippen molar-refractivity contribution in [2.45, 2.75) is 0 Å². The number of nitrogens with one attached hydrogen (secondary N) is 1. The first-order valence-electron chi connectivity index (χ1n) is 3.29. The van der Waals surface area contributed by atoms with Crippen LogP contribution in [-0.2, 0) is 9.59 Å². The van der Waals surface area contributed by atoms with E-state index in [-0.39, 0.29) is 42.6 Å². The van der Waals surface area contributed by atoms with Gasteiger partial charge in [0, 0.05) is 13.1 Å². The number of carboxylic acid groups (broad SMARTS) is 2. The first-order chi connectivity index (χ1) is 5.13. The van der Waals surface area contributed by atoms with Crippen LogP contribution < -0.4 is 5.32 Å². The first kappa shape index (κ1) is 11.9. The molecular weight excluding hydrogens is 173 g/mol. The summed E-state index contributed by atoms with van der Waals surface area (Å²) in [5, 5.41) is 19.8. The summed E-state index contributed by atoms with van der Waals surface area (Å²) in [5.41, 5.74) is 0. The van der Waals surface area contributed by atoms with Crippen LogP contribution in [-0.4, -0.2) is 64.8 Å². The molecule has 2 atom stereocenters. The number of hydrogen-bond donors (Lipinski definition) is 3. The fraction of sp³-hybridized carbons (Fsp3) is 0.667. The molecule has 3 N–H and O–H groups in total. The normalized spacial score (nSPS) is 27.7. The van der Waals surface area contributed by atoms with E-state index in [1.165, 1.54) is 0 Å². The maximum absolute atomic E-state index is 10.4. The standard InChI is InChI=1S/C6H9NO4.Na.H/c8-5(9)3-1-7-2-4(3)6(10)11;;/h3-4,7H,1-2H2,(H,8,9)(H,10,11);;. The van der Waals surface area contributed by atoms with Gasteiger partial charge in [0.15, 0.2) is 0 Å². The van der Waals surface area contributed by atoms with Crippen LogP contribution in [0.2, 0.25) is 0 Å². The molecule has 0 spiro atoms. The van der Waals surface area contributed by atoms with Crippen LogP contribution in [0.5, 0.6) is 0 Å². The van der Waals surface area contributed by atoms with E-state index >= 15 is 0 Å². The van der Waals surface area contributed by atoms with Gasteiger partial charge in [0.1, 0.15) is 0 Å². The molecule has 64 valence electrons. The van der Waals surface area contributed by atoms with Crippen LogP contribution in [0, 0.1) is 11.8 Å². The van der Waals surface area contributed by atoms with Gasteiger partial charge in [-0.25, -0.2) is 0 Å². The molecule has 0 aromatic heterocycles. The average Bonchev–Trinajstić information content (AvgIpc) is 2.32. The zero-order valence-electron chi connectivity index (χ0n) is 5.78. The minimum atomic E-state index is -1.04. The van der Waals surface area contributed by atoms with Crippen LogP contribution in [0.1, 0.15) is 0 Å². The number of hydrogen-bond acceptors (Lipinski definition) is 3. The van der Waals surface area contributed by atoms with Gasteiger partial charge in [-0.05, 0) is 0 Å². The second kappa shape index (κ2) is 4.81. The summed E-state index contributed by atoms with van der Waals surface area (Å²) in [5.74, 6) is -3.62. The van der Waals surface area contributed by atoms with Gasteiger partial charge in [-0.2, -0.15) is 0 Å². The second-order valence-electron chi connectivity index (χ2n) is 2.55. The van der Waals surface area contributed by atoms with Gasteiger partial charge in [-0.1, -0.05) is 0 Å². The van der Waals surface area contributed by atoms with Crippen LogP contribution in [0.25, 0.3) is 0 Å². The summed E-state index contributed by atoms with van der Waals surface area (Å²) in [7, 11) is 0. The summed E-state index contributed by atoms with van der Waals surface area (Å²) in [6.45, 7) is 0.513. The van der Waals surface area contributed by atoms with Crippen molar-refractivity contribution in [1.82, 2.24) is 5.32 Å². The van der Waals surface area contributed by atoms with Crippen LogP contribution in [0.4, 0.5) is 0 Å². The predicted octanol–water partition coefficient (Wildman–Crippen LogP) is -1.66. The van der Waals surface area contributed by atoms with E-state index in [0.29, 0.717) is 0 Å². The Hall–Kier alpha value is -0.100. The molecule has 0 aromatic rings. The third kappa shape index (κ3) is 2.45. The Kier molecular flexibility index (Phi) is 4.77. The molecule has 0 aliphatic carbocycles. The Morgan fingerprint density at radius 2 is 1.42 bits per heavy atom. The van der Waals surface area contributed by atoms with Crippen LogP contribution in [0.3, 0.4) is 0 Å². The Labute approximate surface area is 91.4 Å². The molecular formula is C6H10NNaO4. The van der Waals surface area contributed by atoms with E-state index in [0.717, 1.165) is 0 Å². The van der Waals surface area contributed by atoms with Crippen LogP contribution >= 0.6 is 0 Å². The van der Waals surface area contributed by atoms with Crippen molar-refractivity contribution in [3.05, 3.63) is 0 Å². The summed E-state index contributed by atoms with van der Waals surface area (Å²) >= 11 is 0. The SMILES string of the molecule is O=C(O)C1CNCC1C(=O)O.[NaH]. The minimum absolute atomic E-state index is 0. The van der Waals surface area contributed by atoms with E-state index in [1.54, 1.807) is 0 Å². The van der Waals surface area contributed by atoms with E-state index in [4.69, 9.17) is 10.2 Å². The van der Waals surface area contributed by atoms with E-state index in [9.17, 15) is 9.59 Å². The predicted molar refractivity (Wildman–Crippen MR) is 42.3 cm³/mol. The van der Waals surface area contributed by atoms with Crippen LogP contribution in [0.15, 0.2) is 0 Å². The van der Waals surface area contributed by atoms with Gasteiger partial charge in [-0.15, -0.1) is 0 Å². The Bertz CT molecular complexity index is 176. The number of carbonyl (C=O) groups is 2. The molecule has 0 aromatic carbocycles. The molecule has 0 bridgehead atoms. The van der Waals surface area contributed by atoms with Crippen molar-refractivity contribution in [3.63, 3.8) is 0 Å². The fourth-order valence-corrected chi connectivity index (χ4v) is 1.20. The molecule has 6 heteroatoms. The van der Waals surface area contributed by atoms with Crippen molar-refractivity contribution >= 4 is 41.5 Å². The fourth-order valence-electron chi connectivity index (χ4n) is 1.20. The van der Waals surface area contributed by atoms with Gasteiger partial charge in [0.05, 0.1) is 11.8 Å². The summed E-state index contributed by atoms with van der Waals surface area (Å²) in [6.07, 6.45) is 0. The van der Waals surface area contributed by atoms with Gasteiger partial charge >= 0.3 is 41.5 Å². The van der Waals surface area contributed by atoms with Gasteiger partial charge in [0.25, 0.3) is 0 Å². The Morgan fingerprint density at radius 3 is 1.67 bits per heavy atom. The average molecular weight is 183 g/mol. The van der Waals surface area contributed by atoms with Crippen molar-refractivity contribution in [2.24, 2.45) is 11.8 Å². The number of carboxylic acids is 2. The third-order valence-corrected chi connectivity index (χ3v) is 1.85. The zero-order valence-corrected chi connectivity index (χ0v) is 5.78. The molecule has 5 nitrogen and oxygen atoms in total. The Morgan fingerprint density at radius 1 is 1.08 bits per heavy atom. The number of rotatable bonds is 2. The number of aliphatic carboxylic acids is 2. The van der Waals surface area contributed by atoms with Gasteiger partial charge in [-0.3, -0.25) is 9.59 Å². The summed E-state index contributed by atoms with van der Waals surface area (Å²) in [4.78, 5) is 20.8. The molecule has 12 heavy (non-hydrogen) atoms. The molecule has 0 saturated carbocycles. The van der Waals surface area contributed by atoms with Crippen molar-refractivity contribution in [2.75, 3.05) is 13.1 Å². The van der Waals surface area contributed by atoms with Crippen molar-refractivity contribution < 1.29 is 19.8 Å². The monoisotopic (exact) mass is 183 g/mol. The zero-order chi connectivity index (χ0) is 8.43. The molecule has 1 aliphatic rings. The molecule has 1 heterocycles. The molecule has 1 aliphatic heterocycles. The molecule has 1 saturated heterocycles. The quantitative estimate of drug-likeness (QED) is 0.446. The van der Waals surface area contributed by atoms with Crippen molar-refractivity contribution in [1.29, 1.82) is 0 Å². The summed E-state index contributed by atoms with van der Waals surface area (Å²) in [6, 6.07) is 0. The van der Waals surface area contributed by atoms with E-state index < -0.39 is 23.8 Å². The summed E-state index contributed by atoms with van der Waals surface area (Å²) < 4.78 is 0. The molecule has 2 unspecified atom stereocenters. The van der Waals surface area contributed by atoms with E-state index in [2.05, 4.69) is 5.32 Å². The van der Waals surface area contributed by atoms with Gasteiger partial charge < -0.3 is 15.5 Å². The molecule has 0 amide bonds.